The smallest absolute Gasteiger partial charge is 0.363 e. The fraction of sp³-hybridized carbons (Fsp3) is 0.500. The third-order valence-electron chi connectivity index (χ3n) is 2.80. The second-order valence-corrected chi connectivity index (χ2v) is 3.82. The lowest BCUT2D eigenvalue weighted by Gasteiger charge is -2.21. The number of nitro groups is 1. The minimum absolute atomic E-state index is 0.0920. The molecular weight excluding hydrogens is 194 g/mol. The van der Waals surface area contributed by atoms with Gasteiger partial charge < -0.3 is 15.0 Å². The molecule has 0 aliphatic carbocycles. The Morgan fingerprint density at radius 3 is 2.87 bits per heavy atom. The SMILES string of the molecule is CC1CCCN1c1ccc([N+](=O)[O-])nc1. The Kier molecular flexibility index (Phi) is 2.53. The van der Waals surface area contributed by atoms with Crippen molar-refractivity contribution in [2.75, 3.05) is 11.4 Å². The predicted octanol–water partition coefficient (Wildman–Crippen LogP) is 1.98. The van der Waals surface area contributed by atoms with Crippen LogP contribution in [-0.2, 0) is 0 Å². The summed E-state index contributed by atoms with van der Waals surface area (Å²) < 4.78 is 0. The van der Waals surface area contributed by atoms with E-state index in [1.165, 1.54) is 18.9 Å². The molecule has 2 heterocycles. The third-order valence-corrected chi connectivity index (χ3v) is 2.80. The van der Waals surface area contributed by atoms with E-state index in [4.69, 9.17) is 0 Å². The molecule has 0 spiro atoms. The highest BCUT2D eigenvalue weighted by Gasteiger charge is 2.21. The minimum Gasteiger partial charge on any atom is -0.366 e. The Balaban J connectivity index is 2.19. The van der Waals surface area contributed by atoms with E-state index in [9.17, 15) is 10.1 Å². The fourth-order valence-corrected chi connectivity index (χ4v) is 1.97. The molecule has 1 unspecified atom stereocenters. The Bertz CT molecular complexity index is 363. The zero-order chi connectivity index (χ0) is 10.8. The molecule has 1 aliphatic heterocycles. The molecule has 0 saturated carbocycles. The lowest BCUT2D eigenvalue weighted by Crippen LogP contribution is -2.26. The van der Waals surface area contributed by atoms with E-state index < -0.39 is 4.92 Å². The summed E-state index contributed by atoms with van der Waals surface area (Å²) in [5.74, 6) is -0.0920. The lowest BCUT2D eigenvalue weighted by atomic mass is 10.2. The first-order chi connectivity index (χ1) is 7.18. The molecule has 0 aromatic carbocycles. The van der Waals surface area contributed by atoms with Gasteiger partial charge in [-0.2, -0.15) is 0 Å². The van der Waals surface area contributed by atoms with Crippen molar-refractivity contribution < 1.29 is 4.92 Å². The molecular formula is C10H13N3O2. The Morgan fingerprint density at radius 2 is 2.40 bits per heavy atom. The van der Waals surface area contributed by atoms with Crippen molar-refractivity contribution in [2.24, 2.45) is 0 Å². The summed E-state index contributed by atoms with van der Waals surface area (Å²) in [6, 6.07) is 3.74. The zero-order valence-corrected chi connectivity index (χ0v) is 8.59. The van der Waals surface area contributed by atoms with Crippen molar-refractivity contribution in [3.05, 3.63) is 28.4 Å². The van der Waals surface area contributed by atoms with E-state index >= 15 is 0 Å². The van der Waals surface area contributed by atoms with Gasteiger partial charge in [0.1, 0.15) is 0 Å². The van der Waals surface area contributed by atoms with Crippen LogP contribution in [-0.4, -0.2) is 22.5 Å². The third kappa shape index (κ3) is 1.91. The molecule has 5 heteroatoms. The standard InChI is InChI=1S/C10H13N3O2/c1-8-3-2-6-12(8)9-4-5-10(11-7-9)13(14)15/h4-5,7-8H,2-3,6H2,1H3. The summed E-state index contributed by atoms with van der Waals surface area (Å²) >= 11 is 0. The van der Waals surface area contributed by atoms with Gasteiger partial charge in [-0.05, 0) is 35.7 Å². The summed E-state index contributed by atoms with van der Waals surface area (Å²) in [4.78, 5) is 16.0. The number of rotatable bonds is 2. The van der Waals surface area contributed by atoms with Crippen LogP contribution in [0.3, 0.4) is 0 Å². The van der Waals surface area contributed by atoms with Gasteiger partial charge in [-0.25, -0.2) is 0 Å². The van der Waals surface area contributed by atoms with Crippen LogP contribution in [0.5, 0.6) is 0 Å². The molecule has 0 radical (unpaired) electrons. The highest BCUT2D eigenvalue weighted by molar-refractivity contribution is 5.48. The quantitative estimate of drug-likeness (QED) is 0.549. The highest BCUT2D eigenvalue weighted by Crippen LogP contribution is 2.25. The maximum atomic E-state index is 10.4. The van der Waals surface area contributed by atoms with E-state index in [1.807, 2.05) is 0 Å². The molecule has 1 atom stereocenters. The van der Waals surface area contributed by atoms with Gasteiger partial charge in [0, 0.05) is 18.7 Å². The van der Waals surface area contributed by atoms with Crippen LogP contribution in [0.15, 0.2) is 18.3 Å². The minimum atomic E-state index is -0.475. The van der Waals surface area contributed by atoms with Gasteiger partial charge in [-0.15, -0.1) is 0 Å². The van der Waals surface area contributed by atoms with Crippen molar-refractivity contribution in [3.63, 3.8) is 0 Å². The van der Waals surface area contributed by atoms with Gasteiger partial charge in [-0.1, -0.05) is 0 Å². The maximum Gasteiger partial charge on any atom is 0.363 e. The lowest BCUT2D eigenvalue weighted by molar-refractivity contribution is -0.389. The van der Waals surface area contributed by atoms with Crippen LogP contribution in [0.4, 0.5) is 11.5 Å². The van der Waals surface area contributed by atoms with Crippen molar-refractivity contribution >= 4 is 11.5 Å². The number of pyridine rings is 1. The molecule has 0 amide bonds. The van der Waals surface area contributed by atoms with Gasteiger partial charge in [0.15, 0.2) is 6.20 Å². The number of hydrogen-bond donors (Lipinski definition) is 0. The van der Waals surface area contributed by atoms with E-state index in [0.717, 1.165) is 12.2 Å². The van der Waals surface area contributed by atoms with Crippen LogP contribution in [0, 0.1) is 10.1 Å². The maximum absolute atomic E-state index is 10.4. The molecule has 15 heavy (non-hydrogen) atoms. The zero-order valence-electron chi connectivity index (χ0n) is 8.59. The van der Waals surface area contributed by atoms with Crippen molar-refractivity contribution in [2.45, 2.75) is 25.8 Å². The molecule has 80 valence electrons. The molecule has 0 bridgehead atoms. The van der Waals surface area contributed by atoms with E-state index in [-0.39, 0.29) is 5.82 Å². The summed E-state index contributed by atoms with van der Waals surface area (Å²) in [6.07, 6.45) is 3.94. The van der Waals surface area contributed by atoms with Gasteiger partial charge >= 0.3 is 5.82 Å². The van der Waals surface area contributed by atoms with E-state index in [0.29, 0.717) is 6.04 Å². The fourth-order valence-electron chi connectivity index (χ4n) is 1.97. The predicted molar refractivity (Wildman–Crippen MR) is 56.9 cm³/mol. The van der Waals surface area contributed by atoms with Crippen molar-refractivity contribution in [3.8, 4) is 0 Å². The number of anilines is 1. The van der Waals surface area contributed by atoms with Crippen LogP contribution in [0.1, 0.15) is 19.8 Å². The van der Waals surface area contributed by atoms with Gasteiger partial charge in [-0.3, -0.25) is 0 Å². The van der Waals surface area contributed by atoms with E-state index in [2.05, 4.69) is 16.8 Å². The van der Waals surface area contributed by atoms with Gasteiger partial charge in [0.05, 0.1) is 5.69 Å². The molecule has 5 nitrogen and oxygen atoms in total. The Morgan fingerprint density at radius 1 is 1.60 bits per heavy atom. The highest BCUT2D eigenvalue weighted by atomic mass is 16.6. The van der Waals surface area contributed by atoms with Crippen LogP contribution >= 0.6 is 0 Å². The van der Waals surface area contributed by atoms with Crippen molar-refractivity contribution in [1.82, 2.24) is 4.98 Å². The van der Waals surface area contributed by atoms with Gasteiger partial charge in [0.2, 0.25) is 0 Å². The van der Waals surface area contributed by atoms with E-state index in [1.54, 1.807) is 12.3 Å². The number of aromatic nitrogens is 1. The molecule has 1 saturated heterocycles. The van der Waals surface area contributed by atoms with Crippen LogP contribution < -0.4 is 4.90 Å². The molecule has 1 aliphatic rings. The summed E-state index contributed by atoms with van der Waals surface area (Å²) in [6.45, 7) is 3.18. The monoisotopic (exact) mass is 207 g/mol. The number of hydrogen-bond acceptors (Lipinski definition) is 4. The summed E-state index contributed by atoms with van der Waals surface area (Å²) in [7, 11) is 0. The number of nitrogens with zero attached hydrogens (tertiary/aromatic N) is 3. The van der Waals surface area contributed by atoms with Gasteiger partial charge in [0.25, 0.3) is 0 Å². The molecule has 1 fully saturated rings. The first-order valence-corrected chi connectivity index (χ1v) is 5.05. The molecule has 1 aromatic heterocycles. The topological polar surface area (TPSA) is 59.3 Å². The largest absolute Gasteiger partial charge is 0.366 e. The first kappa shape index (κ1) is 9.89. The van der Waals surface area contributed by atoms with Crippen molar-refractivity contribution in [1.29, 1.82) is 0 Å². The first-order valence-electron chi connectivity index (χ1n) is 5.05. The molecule has 2 rings (SSSR count). The van der Waals surface area contributed by atoms with Crippen LogP contribution in [0.2, 0.25) is 0 Å². The molecule has 0 N–H and O–H groups in total. The van der Waals surface area contributed by atoms with Crippen LogP contribution in [0.25, 0.3) is 0 Å². The second-order valence-electron chi connectivity index (χ2n) is 3.82. The summed E-state index contributed by atoms with van der Waals surface area (Å²) in [5, 5.41) is 10.4. The second kappa shape index (κ2) is 3.84. The summed E-state index contributed by atoms with van der Waals surface area (Å²) in [5.41, 5.74) is 0.977. The normalized spacial score (nSPS) is 20.6. The average molecular weight is 207 g/mol. The molecule has 1 aromatic rings. The average Bonchev–Trinajstić information content (AvgIpc) is 2.65. The Hall–Kier alpha value is -1.65. The Labute approximate surface area is 87.9 Å².